The molecule has 3 rings (SSSR count). The zero-order chi connectivity index (χ0) is 16.2. The lowest BCUT2D eigenvalue weighted by Gasteiger charge is -2.30. The minimum absolute atomic E-state index is 0. The van der Waals surface area contributed by atoms with Gasteiger partial charge in [0.25, 0.3) is 5.89 Å². The largest absolute Gasteiger partial charge is 0.481 e. The second kappa shape index (κ2) is 8.46. The van der Waals surface area contributed by atoms with Gasteiger partial charge in [-0.2, -0.15) is 4.98 Å². The lowest BCUT2D eigenvalue weighted by atomic mass is 10.2. The van der Waals surface area contributed by atoms with Crippen molar-refractivity contribution in [2.75, 3.05) is 26.7 Å². The van der Waals surface area contributed by atoms with E-state index < -0.39 is 0 Å². The van der Waals surface area contributed by atoms with Gasteiger partial charge in [0.05, 0.1) is 6.04 Å². The van der Waals surface area contributed by atoms with Crippen molar-refractivity contribution in [1.29, 1.82) is 0 Å². The van der Waals surface area contributed by atoms with Crippen LogP contribution in [0.4, 0.5) is 0 Å². The van der Waals surface area contributed by atoms with Gasteiger partial charge in [0.15, 0.2) is 11.9 Å². The van der Waals surface area contributed by atoms with Gasteiger partial charge in [0.2, 0.25) is 0 Å². The summed E-state index contributed by atoms with van der Waals surface area (Å²) in [6.45, 7) is 6.91. The molecule has 1 aromatic heterocycles. The molecule has 7 heteroatoms. The average Bonchev–Trinajstić information content (AvgIpc) is 3.02. The Kier molecular flexibility index (Phi) is 6.60. The summed E-state index contributed by atoms with van der Waals surface area (Å²) >= 11 is 0. The third-order valence-corrected chi connectivity index (χ3v) is 4.18. The molecular weight excluding hydrogens is 328 g/mol. The molecule has 0 spiro atoms. The van der Waals surface area contributed by atoms with Crippen LogP contribution in [0.3, 0.4) is 0 Å². The van der Waals surface area contributed by atoms with E-state index in [-0.39, 0.29) is 24.6 Å². The van der Waals surface area contributed by atoms with E-state index in [1.165, 1.54) is 5.56 Å². The molecular formula is C17H25ClN4O2. The van der Waals surface area contributed by atoms with E-state index in [0.717, 1.165) is 37.6 Å². The summed E-state index contributed by atoms with van der Waals surface area (Å²) in [4.78, 5) is 6.83. The lowest BCUT2D eigenvalue weighted by molar-refractivity contribution is 0.153. The van der Waals surface area contributed by atoms with Crippen LogP contribution in [0.5, 0.6) is 5.75 Å². The first-order chi connectivity index (χ1) is 11.2. The number of nitrogens with one attached hydrogen (secondary N) is 1. The van der Waals surface area contributed by atoms with Crippen LogP contribution in [-0.4, -0.2) is 41.7 Å². The number of hydrogen-bond acceptors (Lipinski definition) is 6. The summed E-state index contributed by atoms with van der Waals surface area (Å²) in [6.07, 6.45) is 0.550. The maximum absolute atomic E-state index is 6.03. The highest BCUT2D eigenvalue weighted by Crippen LogP contribution is 2.26. The molecule has 0 amide bonds. The lowest BCUT2D eigenvalue weighted by Crippen LogP contribution is -2.44. The maximum atomic E-state index is 6.03. The standard InChI is InChI=1S/C17H24N4O2.ClH/c1-4-15(22-13-7-5-6-12(2)10-13)17-19-16(20-23-17)14-11-18-8-9-21(14)3;/h5-7,10,14-15,18H,4,8-9,11H2,1-3H3;1H. The Bertz CT molecular complexity index is 649. The zero-order valence-electron chi connectivity index (χ0n) is 14.4. The van der Waals surface area contributed by atoms with E-state index in [1.54, 1.807) is 0 Å². The van der Waals surface area contributed by atoms with Gasteiger partial charge in [-0.15, -0.1) is 12.4 Å². The van der Waals surface area contributed by atoms with E-state index in [2.05, 4.69) is 34.3 Å². The fraction of sp³-hybridized carbons (Fsp3) is 0.529. The number of ether oxygens (including phenoxy) is 1. The fourth-order valence-electron chi connectivity index (χ4n) is 2.77. The number of piperazine rings is 1. The molecule has 0 saturated carbocycles. The number of halogens is 1. The highest BCUT2D eigenvalue weighted by atomic mass is 35.5. The van der Waals surface area contributed by atoms with Gasteiger partial charge in [-0.05, 0) is 38.1 Å². The molecule has 2 heterocycles. The number of rotatable bonds is 5. The van der Waals surface area contributed by atoms with Crippen LogP contribution in [0, 0.1) is 6.92 Å². The molecule has 132 valence electrons. The van der Waals surface area contributed by atoms with Crippen molar-refractivity contribution in [1.82, 2.24) is 20.4 Å². The Balaban J connectivity index is 0.00000208. The molecule has 2 atom stereocenters. The molecule has 6 nitrogen and oxygen atoms in total. The molecule has 1 fully saturated rings. The first kappa shape index (κ1) is 18.7. The first-order valence-electron chi connectivity index (χ1n) is 8.15. The van der Waals surface area contributed by atoms with Crippen molar-refractivity contribution in [2.24, 2.45) is 0 Å². The van der Waals surface area contributed by atoms with Crippen molar-refractivity contribution in [3.05, 3.63) is 41.5 Å². The molecule has 1 N–H and O–H groups in total. The number of likely N-dealkylation sites (N-methyl/N-ethyl adjacent to an activating group) is 1. The molecule has 1 aliphatic rings. The van der Waals surface area contributed by atoms with Crippen molar-refractivity contribution >= 4 is 12.4 Å². The number of benzene rings is 1. The zero-order valence-corrected chi connectivity index (χ0v) is 15.2. The molecule has 2 aromatic rings. The molecule has 1 aromatic carbocycles. The van der Waals surface area contributed by atoms with E-state index in [4.69, 9.17) is 9.26 Å². The highest BCUT2D eigenvalue weighted by Gasteiger charge is 2.27. The molecule has 1 saturated heterocycles. The quantitative estimate of drug-likeness (QED) is 0.892. The Morgan fingerprint density at radius 2 is 2.29 bits per heavy atom. The van der Waals surface area contributed by atoms with Gasteiger partial charge in [-0.3, -0.25) is 4.90 Å². The monoisotopic (exact) mass is 352 g/mol. The summed E-state index contributed by atoms with van der Waals surface area (Å²) in [7, 11) is 2.09. The molecule has 0 bridgehead atoms. The molecule has 2 unspecified atom stereocenters. The third-order valence-electron chi connectivity index (χ3n) is 4.18. The van der Waals surface area contributed by atoms with Crippen LogP contribution in [0.25, 0.3) is 0 Å². The number of aromatic nitrogens is 2. The summed E-state index contributed by atoms with van der Waals surface area (Å²) in [5.74, 6) is 2.09. The van der Waals surface area contributed by atoms with Crippen LogP contribution < -0.4 is 10.1 Å². The van der Waals surface area contributed by atoms with Gasteiger partial charge in [0.1, 0.15) is 5.75 Å². The Morgan fingerprint density at radius 3 is 3.00 bits per heavy atom. The minimum atomic E-state index is -0.222. The Hall–Kier alpha value is -1.63. The fourth-order valence-corrected chi connectivity index (χ4v) is 2.77. The van der Waals surface area contributed by atoms with E-state index in [1.807, 2.05) is 31.2 Å². The van der Waals surface area contributed by atoms with E-state index in [0.29, 0.717) is 5.89 Å². The minimum Gasteiger partial charge on any atom is -0.481 e. The van der Waals surface area contributed by atoms with Gasteiger partial charge < -0.3 is 14.6 Å². The van der Waals surface area contributed by atoms with Gasteiger partial charge in [0, 0.05) is 19.6 Å². The number of aryl methyl sites for hydroxylation is 1. The Labute approximate surface area is 149 Å². The molecule has 0 radical (unpaired) electrons. The van der Waals surface area contributed by atoms with Crippen LogP contribution in [0.15, 0.2) is 28.8 Å². The first-order valence-corrected chi connectivity index (χ1v) is 8.15. The number of nitrogens with zero attached hydrogens (tertiary/aromatic N) is 3. The van der Waals surface area contributed by atoms with E-state index >= 15 is 0 Å². The molecule has 0 aliphatic carbocycles. The molecule has 1 aliphatic heterocycles. The predicted molar refractivity (Wildman–Crippen MR) is 94.6 cm³/mol. The second-order valence-corrected chi connectivity index (χ2v) is 6.02. The summed E-state index contributed by atoms with van der Waals surface area (Å²) in [5.41, 5.74) is 1.17. The van der Waals surface area contributed by atoms with Gasteiger partial charge >= 0.3 is 0 Å². The van der Waals surface area contributed by atoms with Crippen LogP contribution in [0.1, 0.15) is 42.8 Å². The van der Waals surface area contributed by atoms with E-state index in [9.17, 15) is 0 Å². The average molecular weight is 353 g/mol. The number of hydrogen-bond donors (Lipinski definition) is 1. The van der Waals surface area contributed by atoms with Crippen LogP contribution in [0.2, 0.25) is 0 Å². The normalized spacial score (nSPS) is 19.5. The van der Waals surface area contributed by atoms with Gasteiger partial charge in [-0.1, -0.05) is 24.2 Å². The predicted octanol–water partition coefficient (Wildman–Crippen LogP) is 2.91. The van der Waals surface area contributed by atoms with Crippen LogP contribution >= 0.6 is 12.4 Å². The second-order valence-electron chi connectivity index (χ2n) is 6.02. The highest BCUT2D eigenvalue weighted by molar-refractivity contribution is 5.85. The van der Waals surface area contributed by atoms with Gasteiger partial charge in [-0.25, -0.2) is 0 Å². The SMILES string of the molecule is CCC(Oc1cccc(C)c1)c1nc(C2CNCCN2C)no1.Cl. The summed E-state index contributed by atoms with van der Waals surface area (Å²) in [5, 5.41) is 7.54. The third kappa shape index (κ3) is 4.26. The Morgan fingerprint density at radius 1 is 1.46 bits per heavy atom. The summed E-state index contributed by atoms with van der Waals surface area (Å²) < 4.78 is 11.5. The van der Waals surface area contributed by atoms with Crippen molar-refractivity contribution in [3.63, 3.8) is 0 Å². The molecule has 24 heavy (non-hydrogen) atoms. The maximum Gasteiger partial charge on any atom is 0.267 e. The van der Waals surface area contributed by atoms with Crippen LogP contribution in [-0.2, 0) is 0 Å². The van der Waals surface area contributed by atoms with Crippen molar-refractivity contribution < 1.29 is 9.26 Å². The van der Waals surface area contributed by atoms with Crippen molar-refractivity contribution in [2.45, 2.75) is 32.4 Å². The summed E-state index contributed by atoms with van der Waals surface area (Å²) in [6, 6.07) is 8.15. The topological polar surface area (TPSA) is 63.4 Å². The smallest absolute Gasteiger partial charge is 0.267 e. The van der Waals surface area contributed by atoms with Crippen molar-refractivity contribution in [3.8, 4) is 5.75 Å².